The Labute approximate surface area is 92.1 Å². The monoisotopic (exact) mass is 208 g/mol. The lowest BCUT2D eigenvalue weighted by Crippen LogP contribution is -2.02. The lowest BCUT2D eigenvalue weighted by Gasteiger charge is -2.11. The van der Waals surface area contributed by atoms with Crippen molar-refractivity contribution >= 4 is 0 Å². The Morgan fingerprint density at radius 2 is 1.93 bits per heavy atom. The number of hydrogen-bond acceptors (Lipinski definition) is 2. The molecule has 2 heteroatoms. The van der Waals surface area contributed by atoms with Gasteiger partial charge in [-0.1, -0.05) is 45.4 Å². The predicted molar refractivity (Wildman–Crippen MR) is 62.0 cm³/mol. The molecule has 0 atom stereocenters. The Balaban J connectivity index is 2.52. The molecule has 15 heavy (non-hydrogen) atoms. The molecule has 0 amide bonds. The number of hydrogen-bond donors (Lipinski definition) is 0. The van der Waals surface area contributed by atoms with E-state index in [0.717, 1.165) is 18.6 Å². The molecule has 0 aliphatic carbocycles. The molecule has 1 rings (SSSR count). The molecule has 0 fully saturated rings. The zero-order valence-electron chi connectivity index (χ0n) is 9.82. The van der Waals surface area contributed by atoms with E-state index in [1.54, 1.807) is 0 Å². The van der Waals surface area contributed by atoms with Crippen LogP contribution < -0.4 is 4.89 Å². The van der Waals surface area contributed by atoms with Gasteiger partial charge >= 0.3 is 0 Å². The van der Waals surface area contributed by atoms with Crippen molar-refractivity contribution in [2.45, 2.75) is 39.5 Å². The first-order valence-corrected chi connectivity index (χ1v) is 5.64. The van der Waals surface area contributed by atoms with Crippen LogP contribution in [-0.2, 0) is 4.89 Å². The third kappa shape index (κ3) is 3.92. The maximum absolute atomic E-state index is 5.30. The Kier molecular flexibility index (Phi) is 5.19. The van der Waals surface area contributed by atoms with E-state index in [4.69, 9.17) is 9.78 Å². The van der Waals surface area contributed by atoms with Gasteiger partial charge in [0.15, 0.2) is 5.75 Å². The summed E-state index contributed by atoms with van der Waals surface area (Å²) in [5.41, 5.74) is 1.19. The average molecular weight is 208 g/mol. The molecule has 84 valence electrons. The van der Waals surface area contributed by atoms with Crippen LogP contribution in [0.3, 0.4) is 0 Å². The van der Waals surface area contributed by atoms with E-state index < -0.39 is 0 Å². The first kappa shape index (κ1) is 12.1. The Morgan fingerprint density at radius 3 is 2.60 bits per heavy atom. The zero-order chi connectivity index (χ0) is 11.1. The lowest BCUT2D eigenvalue weighted by molar-refractivity contribution is -0.207. The highest BCUT2D eigenvalue weighted by Crippen LogP contribution is 2.25. The normalized spacial score (nSPS) is 10.7. The molecule has 0 spiro atoms. The second-order valence-electron chi connectivity index (χ2n) is 3.95. The van der Waals surface area contributed by atoms with Crippen LogP contribution in [0.25, 0.3) is 0 Å². The molecule has 0 heterocycles. The SMILES string of the molecule is CCCCOOc1ccccc1C(C)C. The van der Waals surface area contributed by atoms with E-state index in [2.05, 4.69) is 26.8 Å². The number of unbranched alkanes of at least 4 members (excludes halogenated alkanes) is 1. The minimum Gasteiger partial charge on any atom is -0.337 e. The Bertz CT molecular complexity index is 282. The largest absolute Gasteiger partial charge is 0.337 e. The molecule has 0 saturated carbocycles. The molecular weight excluding hydrogens is 188 g/mol. The first-order valence-electron chi connectivity index (χ1n) is 5.64. The molecule has 0 aromatic heterocycles. The third-order valence-electron chi connectivity index (χ3n) is 2.27. The van der Waals surface area contributed by atoms with Crippen molar-refractivity contribution in [3.8, 4) is 5.75 Å². The van der Waals surface area contributed by atoms with Crippen molar-refractivity contribution in [2.24, 2.45) is 0 Å². The number of para-hydroxylation sites is 1. The van der Waals surface area contributed by atoms with E-state index in [1.165, 1.54) is 5.56 Å². The lowest BCUT2D eigenvalue weighted by atomic mass is 10.0. The number of benzene rings is 1. The van der Waals surface area contributed by atoms with Crippen LogP contribution in [0.15, 0.2) is 24.3 Å². The van der Waals surface area contributed by atoms with Crippen molar-refractivity contribution < 1.29 is 9.78 Å². The van der Waals surface area contributed by atoms with Gasteiger partial charge in [0.05, 0.1) is 6.61 Å². The molecule has 0 saturated heterocycles. The fourth-order valence-corrected chi connectivity index (χ4v) is 1.34. The molecule has 0 unspecified atom stereocenters. The molecule has 2 nitrogen and oxygen atoms in total. The van der Waals surface area contributed by atoms with Crippen LogP contribution >= 0.6 is 0 Å². The van der Waals surface area contributed by atoms with Gasteiger partial charge in [-0.15, -0.1) is 0 Å². The topological polar surface area (TPSA) is 18.5 Å². The summed E-state index contributed by atoms with van der Waals surface area (Å²) in [6.45, 7) is 7.08. The summed E-state index contributed by atoms with van der Waals surface area (Å²) in [7, 11) is 0. The highest BCUT2D eigenvalue weighted by molar-refractivity contribution is 5.34. The van der Waals surface area contributed by atoms with Crippen LogP contribution in [-0.4, -0.2) is 6.61 Å². The molecule has 1 aromatic rings. The van der Waals surface area contributed by atoms with Crippen LogP contribution in [0.2, 0.25) is 0 Å². The van der Waals surface area contributed by atoms with E-state index in [-0.39, 0.29) is 0 Å². The molecule has 0 aliphatic heterocycles. The van der Waals surface area contributed by atoms with Gasteiger partial charge in [-0.3, -0.25) is 0 Å². The Hall–Kier alpha value is -1.02. The molecular formula is C13H20O2. The fourth-order valence-electron chi connectivity index (χ4n) is 1.34. The van der Waals surface area contributed by atoms with Crippen molar-refractivity contribution in [1.29, 1.82) is 0 Å². The van der Waals surface area contributed by atoms with E-state index >= 15 is 0 Å². The highest BCUT2D eigenvalue weighted by Gasteiger charge is 2.07. The summed E-state index contributed by atoms with van der Waals surface area (Å²) < 4.78 is 0. The fraction of sp³-hybridized carbons (Fsp3) is 0.538. The van der Waals surface area contributed by atoms with Crippen molar-refractivity contribution in [2.75, 3.05) is 6.61 Å². The van der Waals surface area contributed by atoms with E-state index in [9.17, 15) is 0 Å². The maximum atomic E-state index is 5.30. The summed E-state index contributed by atoms with van der Waals surface area (Å²) in [5.74, 6) is 1.29. The van der Waals surface area contributed by atoms with Gasteiger partial charge in [0.1, 0.15) is 0 Å². The zero-order valence-corrected chi connectivity index (χ0v) is 9.82. The second-order valence-corrected chi connectivity index (χ2v) is 3.95. The standard InChI is InChI=1S/C13H20O2/c1-4-5-10-14-15-13-9-7-6-8-12(13)11(2)3/h6-9,11H,4-5,10H2,1-3H3. The van der Waals surface area contributed by atoms with Gasteiger partial charge in [-0.05, 0) is 18.4 Å². The molecule has 0 N–H and O–H groups in total. The van der Waals surface area contributed by atoms with E-state index in [1.807, 2.05) is 18.2 Å². The second kappa shape index (κ2) is 6.46. The average Bonchev–Trinajstić information content (AvgIpc) is 2.25. The van der Waals surface area contributed by atoms with Crippen LogP contribution in [0.1, 0.15) is 45.1 Å². The van der Waals surface area contributed by atoms with E-state index in [0.29, 0.717) is 12.5 Å². The van der Waals surface area contributed by atoms with Gasteiger partial charge in [-0.2, -0.15) is 4.89 Å². The van der Waals surface area contributed by atoms with Crippen molar-refractivity contribution in [1.82, 2.24) is 0 Å². The maximum Gasteiger partial charge on any atom is 0.168 e. The smallest absolute Gasteiger partial charge is 0.168 e. The summed E-state index contributed by atoms with van der Waals surface area (Å²) in [4.78, 5) is 10.5. The van der Waals surface area contributed by atoms with Crippen LogP contribution in [0.5, 0.6) is 5.75 Å². The van der Waals surface area contributed by atoms with Crippen LogP contribution in [0, 0.1) is 0 Å². The van der Waals surface area contributed by atoms with Gasteiger partial charge in [0, 0.05) is 5.56 Å². The summed E-state index contributed by atoms with van der Waals surface area (Å²) in [6, 6.07) is 8.00. The minimum atomic E-state index is 0.455. The third-order valence-corrected chi connectivity index (χ3v) is 2.27. The highest BCUT2D eigenvalue weighted by atomic mass is 17.2. The molecule has 0 radical (unpaired) electrons. The minimum absolute atomic E-state index is 0.455. The van der Waals surface area contributed by atoms with Crippen molar-refractivity contribution in [3.63, 3.8) is 0 Å². The van der Waals surface area contributed by atoms with Crippen molar-refractivity contribution in [3.05, 3.63) is 29.8 Å². The summed E-state index contributed by atoms with van der Waals surface area (Å²) in [6.07, 6.45) is 2.15. The molecule has 0 aliphatic rings. The van der Waals surface area contributed by atoms with Gasteiger partial charge in [0.2, 0.25) is 0 Å². The summed E-state index contributed by atoms with van der Waals surface area (Å²) >= 11 is 0. The predicted octanol–water partition coefficient (Wildman–Crippen LogP) is 3.92. The quantitative estimate of drug-likeness (QED) is 0.401. The molecule has 1 aromatic carbocycles. The van der Waals surface area contributed by atoms with Gasteiger partial charge < -0.3 is 4.89 Å². The number of rotatable bonds is 6. The first-order chi connectivity index (χ1) is 7.25. The molecule has 0 bridgehead atoms. The van der Waals surface area contributed by atoms with Gasteiger partial charge in [0.25, 0.3) is 0 Å². The Morgan fingerprint density at radius 1 is 1.20 bits per heavy atom. The van der Waals surface area contributed by atoms with Gasteiger partial charge in [-0.25, -0.2) is 0 Å². The van der Waals surface area contributed by atoms with Crippen LogP contribution in [0.4, 0.5) is 0 Å². The summed E-state index contributed by atoms with van der Waals surface area (Å²) in [5, 5.41) is 0.